The van der Waals surface area contributed by atoms with Crippen LogP contribution in [0.1, 0.15) is 49.0 Å². The summed E-state index contributed by atoms with van der Waals surface area (Å²) >= 11 is 0. The van der Waals surface area contributed by atoms with E-state index in [4.69, 9.17) is 0 Å². The van der Waals surface area contributed by atoms with Crippen molar-refractivity contribution >= 4 is 5.91 Å². The van der Waals surface area contributed by atoms with Gasteiger partial charge in [0, 0.05) is 19.1 Å². The van der Waals surface area contributed by atoms with Gasteiger partial charge >= 0.3 is 0 Å². The van der Waals surface area contributed by atoms with Gasteiger partial charge in [-0.3, -0.25) is 14.6 Å². The summed E-state index contributed by atoms with van der Waals surface area (Å²) in [6, 6.07) is 0.607. The molecule has 0 radical (unpaired) electrons. The van der Waals surface area contributed by atoms with Gasteiger partial charge in [-0.15, -0.1) is 0 Å². The zero-order valence-electron chi connectivity index (χ0n) is 13.0. The Balaban J connectivity index is 1.57. The van der Waals surface area contributed by atoms with Crippen LogP contribution >= 0.6 is 0 Å². The molecule has 0 atom stereocenters. The van der Waals surface area contributed by atoms with Crippen molar-refractivity contribution in [3.05, 3.63) is 28.4 Å². The van der Waals surface area contributed by atoms with Gasteiger partial charge in [0.05, 0.1) is 12.4 Å². The summed E-state index contributed by atoms with van der Waals surface area (Å²) in [4.78, 5) is 34.5. The summed E-state index contributed by atoms with van der Waals surface area (Å²) in [5, 5.41) is 0. The van der Waals surface area contributed by atoms with Gasteiger partial charge in [0.15, 0.2) is 0 Å². The highest BCUT2D eigenvalue weighted by Gasteiger charge is 2.28. The minimum atomic E-state index is -0.328. The molecule has 2 fully saturated rings. The van der Waals surface area contributed by atoms with Gasteiger partial charge in [0.2, 0.25) is 0 Å². The van der Waals surface area contributed by atoms with Crippen LogP contribution in [-0.4, -0.2) is 57.9 Å². The van der Waals surface area contributed by atoms with Crippen LogP contribution < -0.4 is 5.56 Å². The molecule has 0 aromatic carbocycles. The predicted octanol–water partition coefficient (Wildman–Crippen LogP) is 1.25. The minimum Gasteiger partial charge on any atom is -0.337 e. The molecule has 22 heavy (non-hydrogen) atoms. The number of likely N-dealkylation sites (tertiary alicyclic amines) is 2. The average molecular weight is 304 g/mol. The maximum Gasteiger partial charge on any atom is 0.271 e. The zero-order chi connectivity index (χ0) is 15.4. The standard InChI is InChI=1S/C16H24N4O2/c21-15-12-17-11-14(18-15)16(22)20-9-5-13(6-10-20)19-7-3-1-2-4-8-19/h11-13H,1-10H2,(H,18,21). The second-order valence-electron chi connectivity index (χ2n) is 6.28. The number of H-pyrrole nitrogens is 1. The Hall–Kier alpha value is -1.69. The quantitative estimate of drug-likeness (QED) is 0.893. The van der Waals surface area contributed by atoms with Crippen LogP contribution in [0.3, 0.4) is 0 Å². The van der Waals surface area contributed by atoms with Gasteiger partial charge in [-0.05, 0) is 38.8 Å². The highest BCUT2D eigenvalue weighted by atomic mass is 16.2. The van der Waals surface area contributed by atoms with Crippen molar-refractivity contribution in [3.63, 3.8) is 0 Å². The summed E-state index contributed by atoms with van der Waals surface area (Å²) in [5.74, 6) is -0.112. The molecule has 6 heteroatoms. The van der Waals surface area contributed by atoms with E-state index >= 15 is 0 Å². The molecule has 1 N–H and O–H groups in total. The lowest BCUT2D eigenvalue weighted by Crippen LogP contribution is -2.47. The maximum atomic E-state index is 12.4. The van der Waals surface area contributed by atoms with E-state index in [-0.39, 0.29) is 11.5 Å². The Labute approximate surface area is 130 Å². The average Bonchev–Trinajstić information content (AvgIpc) is 2.84. The summed E-state index contributed by atoms with van der Waals surface area (Å²) in [6.45, 7) is 3.93. The number of amides is 1. The monoisotopic (exact) mass is 304 g/mol. The van der Waals surface area contributed by atoms with Gasteiger partial charge in [-0.25, -0.2) is 0 Å². The first-order chi connectivity index (χ1) is 10.7. The number of rotatable bonds is 2. The van der Waals surface area contributed by atoms with Crippen LogP contribution in [0.25, 0.3) is 0 Å². The first-order valence-electron chi connectivity index (χ1n) is 8.32. The Bertz CT molecular complexity index is 555. The molecular weight excluding hydrogens is 280 g/mol. The molecule has 6 nitrogen and oxygen atoms in total. The van der Waals surface area contributed by atoms with Gasteiger partial charge < -0.3 is 14.8 Å². The Morgan fingerprint density at radius 2 is 1.73 bits per heavy atom. The number of piperidine rings is 1. The van der Waals surface area contributed by atoms with Crippen molar-refractivity contribution < 1.29 is 4.79 Å². The van der Waals surface area contributed by atoms with Crippen LogP contribution in [0.5, 0.6) is 0 Å². The number of hydrogen-bond acceptors (Lipinski definition) is 4. The first kappa shape index (κ1) is 15.2. The van der Waals surface area contributed by atoms with E-state index in [1.165, 1.54) is 51.2 Å². The highest BCUT2D eigenvalue weighted by molar-refractivity contribution is 5.92. The molecule has 2 aliphatic heterocycles. The van der Waals surface area contributed by atoms with Gasteiger partial charge in [-0.1, -0.05) is 12.8 Å². The third-order valence-electron chi connectivity index (χ3n) is 4.79. The summed E-state index contributed by atoms with van der Waals surface area (Å²) in [5.41, 5.74) is -0.0361. The van der Waals surface area contributed by atoms with Crippen LogP contribution in [0.4, 0.5) is 0 Å². The number of carbonyl (C=O) groups is 1. The largest absolute Gasteiger partial charge is 0.337 e. The van der Waals surface area contributed by atoms with Gasteiger partial charge in [-0.2, -0.15) is 0 Å². The molecule has 0 saturated carbocycles. The smallest absolute Gasteiger partial charge is 0.271 e. The molecule has 0 bridgehead atoms. The SMILES string of the molecule is O=C(c1cncc(=O)[nH]1)N1CCC(N2CCCCCC2)CC1. The lowest BCUT2D eigenvalue weighted by molar-refractivity contribution is 0.0616. The topological polar surface area (TPSA) is 69.3 Å². The minimum absolute atomic E-state index is 0.112. The van der Waals surface area contributed by atoms with E-state index in [9.17, 15) is 9.59 Å². The lowest BCUT2D eigenvalue weighted by Gasteiger charge is -2.38. The van der Waals surface area contributed by atoms with E-state index in [2.05, 4.69) is 14.9 Å². The van der Waals surface area contributed by atoms with Gasteiger partial charge in [0.1, 0.15) is 5.69 Å². The number of nitrogens with one attached hydrogen (secondary N) is 1. The van der Waals surface area contributed by atoms with Crippen LogP contribution in [0, 0.1) is 0 Å². The van der Waals surface area contributed by atoms with Crippen LogP contribution in [0.15, 0.2) is 17.2 Å². The number of carbonyl (C=O) groups excluding carboxylic acids is 1. The molecule has 3 rings (SSSR count). The Morgan fingerprint density at radius 3 is 2.36 bits per heavy atom. The number of aromatic amines is 1. The van der Waals surface area contributed by atoms with E-state index in [1.807, 2.05) is 4.90 Å². The fourth-order valence-electron chi connectivity index (χ4n) is 3.55. The molecule has 1 aromatic rings. The Kier molecular flexibility index (Phi) is 4.87. The third kappa shape index (κ3) is 3.55. The number of aromatic nitrogens is 2. The zero-order valence-corrected chi connectivity index (χ0v) is 13.0. The van der Waals surface area contributed by atoms with Crippen LogP contribution in [-0.2, 0) is 0 Å². The van der Waals surface area contributed by atoms with Crippen molar-refractivity contribution in [2.45, 2.75) is 44.6 Å². The molecule has 0 unspecified atom stereocenters. The molecule has 0 aliphatic carbocycles. The van der Waals surface area contributed by atoms with E-state index in [1.54, 1.807) is 0 Å². The fourth-order valence-corrected chi connectivity index (χ4v) is 3.55. The van der Waals surface area contributed by atoms with E-state index in [0.717, 1.165) is 25.9 Å². The second kappa shape index (κ2) is 7.05. The molecule has 2 aliphatic rings. The highest BCUT2D eigenvalue weighted by Crippen LogP contribution is 2.21. The molecule has 1 amide bonds. The summed E-state index contributed by atoms with van der Waals surface area (Å²) in [6.07, 6.45) is 9.97. The van der Waals surface area contributed by atoms with Crippen molar-refractivity contribution in [3.8, 4) is 0 Å². The molecule has 2 saturated heterocycles. The van der Waals surface area contributed by atoms with Crippen molar-refractivity contribution in [1.82, 2.24) is 19.8 Å². The number of hydrogen-bond donors (Lipinski definition) is 1. The second-order valence-corrected chi connectivity index (χ2v) is 6.28. The van der Waals surface area contributed by atoms with Crippen LogP contribution in [0.2, 0.25) is 0 Å². The third-order valence-corrected chi connectivity index (χ3v) is 4.79. The van der Waals surface area contributed by atoms with Crippen molar-refractivity contribution in [1.29, 1.82) is 0 Å². The van der Waals surface area contributed by atoms with Crippen molar-refractivity contribution in [2.24, 2.45) is 0 Å². The Morgan fingerprint density at radius 1 is 1.05 bits per heavy atom. The normalized spacial score (nSPS) is 21.5. The first-order valence-corrected chi connectivity index (χ1v) is 8.32. The molecule has 120 valence electrons. The van der Waals surface area contributed by atoms with Gasteiger partial charge in [0.25, 0.3) is 11.5 Å². The van der Waals surface area contributed by atoms with E-state index in [0.29, 0.717) is 11.7 Å². The van der Waals surface area contributed by atoms with Crippen molar-refractivity contribution in [2.75, 3.05) is 26.2 Å². The lowest BCUT2D eigenvalue weighted by atomic mass is 10.0. The van der Waals surface area contributed by atoms with E-state index < -0.39 is 0 Å². The molecule has 1 aromatic heterocycles. The summed E-state index contributed by atoms with van der Waals surface area (Å²) < 4.78 is 0. The fraction of sp³-hybridized carbons (Fsp3) is 0.688. The molecular formula is C16H24N4O2. The number of nitrogens with zero attached hydrogens (tertiary/aromatic N) is 3. The maximum absolute atomic E-state index is 12.4. The summed E-state index contributed by atoms with van der Waals surface area (Å²) in [7, 11) is 0. The molecule has 3 heterocycles. The molecule has 0 spiro atoms. The predicted molar refractivity (Wildman–Crippen MR) is 83.8 cm³/mol.